The summed E-state index contributed by atoms with van der Waals surface area (Å²) < 4.78 is 13.4. The minimum atomic E-state index is -0.747. The van der Waals surface area contributed by atoms with Gasteiger partial charge in [-0.3, -0.25) is 4.79 Å². The normalized spacial score (nSPS) is 22.6. The van der Waals surface area contributed by atoms with Crippen molar-refractivity contribution in [2.24, 2.45) is 0 Å². The van der Waals surface area contributed by atoms with E-state index in [1.165, 1.54) is 12.1 Å². The number of hydrogen-bond acceptors (Lipinski definition) is 2. The van der Waals surface area contributed by atoms with Gasteiger partial charge in [-0.25, -0.2) is 4.39 Å². The van der Waals surface area contributed by atoms with E-state index >= 15 is 0 Å². The maximum atomic E-state index is 13.4. The third-order valence-corrected chi connectivity index (χ3v) is 5.13. The van der Waals surface area contributed by atoms with Gasteiger partial charge in [-0.2, -0.15) is 0 Å². The average molecular weight is 291 g/mol. The van der Waals surface area contributed by atoms with Crippen molar-refractivity contribution in [2.45, 2.75) is 56.0 Å². The standard InChI is InChI=1S/C17H22FNO2/c18-14-6-3-5-13(11-14)17(9-4-10-17)15(20)19-12-16(21)7-1-2-8-16/h3,5-6,11,21H,1-2,4,7-10,12H2,(H,19,20). The molecule has 0 heterocycles. The van der Waals surface area contributed by atoms with Crippen molar-refractivity contribution in [3.05, 3.63) is 35.6 Å². The van der Waals surface area contributed by atoms with E-state index in [1.54, 1.807) is 6.07 Å². The highest BCUT2D eigenvalue weighted by Crippen LogP contribution is 2.44. The number of carbonyl (C=O) groups is 1. The van der Waals surface area contributed by atoms with Crippen molar-refractivity contribution in [2.75, 3.05) is 6.54 Å². The largest absolute Gasteiger partial charge is 0.388 e. The average Bonchev–Trinajstić information content (AvgIpc) is 2.83. The molecule has 21 heavy (non-hydrogen) atoms. The first-order valence-corrected chi connectivity index (χ1v) is 7.81. The summed E-state index contributed by atoms with van der Waals surface area (Å²) in [6.45, 7) is 0.308. The Balaban J connectivity index is 1.72. The summed E-state index contributed by atoms with van der Waals surface area (Å²) in [5, 5.41) is 13.3. The fraction of sp³-hybridized carbons (Fsp3) is 0.588. The Labute approximate surface area is 124 Å². The van der Waals surface area contributed by atoms with E-state index in [9.17, 15) is 14.3 Å². The highest BCUT2D eigenvalue weighted by molar-refractivity contribution is 5.89. The second-order valence-corrected chi connectivity index (χ2v) is 6.56. The van der Waals surface area contributed by atoms with Gasteiger partial charge in [0.2, 0.25) is 5.91 Å². The van der Waals surface area contributed by atoms with Crippen LogP contribution in [0, 0.1) is 5.82 Å². The van der Waals surface area contributed by atoms with Crippen LogP contribution in [0.2, 0.25) is 0 Å². The maximum Gasteiger partial charge on any atom is 0.230 e. The van der Waals surface area contributed by atoms with Gasteiger partial charge in [0.15, 0.2) is 0 Å². The lowest BCUT2D eigenvalue weighted by Gasteiger charge is -2.41. The molecule has 4 heteroatoms. The summed E-state index contributed by atoms with van der Waals surface area (Å²) in [5.41, 5.74) is -0.593. The SMILES string of the molecule is O=C(NCC1(O)CCCC1)C1(c2cccc(F)c2)CCC1. The van der Waals surface area contributed by atoms with Crippen molar-refractivity contribution in [1.29, 1.82) is 0 Å². The first-order valence-electron chi connectivity index (χ1n) is 7.81. The van der Waals surface area contributed by atoms with Crippen LogP contribution in [0.15, 0.2) is 24.3 Å². The molecule has 0 spiro atoms. The smallest absolute Gasteiger partial charge is 0.230 e. The second kappa shape index (κ2) is 5.41. The Bertz CT molecular complexity index is 533. The van der Waals surface area contributed by atoms with Gasteiger partial charge >= 0.3 is 0 Å². The van der Waals surface area contributed by atoms with Crippen LogP contribution in [-0.2, 0) is 10.2 Å². The van der Waals surface area contributed by atoms with Crippen LogP contribution in [-0.4, -0.2) is 23.2 Å². The van der Waals surface area contributed by atoms with Gasteiger partial charge in [0.25, 0.3) is 0 Å². The molecule has 0 saturated heterocycles. The molecule has 2 aliphatic carbocycles. The highest BCUT2D eigenvalue weighted by Gasteiger charge is 2.46. The number of halogens is 1. The predicted molar refractivity (Wildman–Crippen MR) is 78.4 cm³/mol. The number of rotatable bonds is 4. The summed E-state index contributed by atoms with van der Waals surface area (Å²) >= 11 is 0. The molecule has 114 valence electrons. The van der Waals surface area contributed by atoms with Crippen LogP contribution in [0.3, 0.4) is 0 Å². The molecule has 2 saturated carbocycles. The topological polar surface area (TPSA) is 49.3 Å². The zero-order valence-electron chi connectivity index (χ0n) is 12.2. The van der Waals surface area contributed by atoms with Gasteiger partial charge in [-0.15, -0.1) is 0 Å². The van der Waals surface area contributed by atoms with Gasteiger partial charge in [0, 0.05) is 6.54 Å². The van der Waals surface area contributed by atoms with E-state index in [4.69, 9.17) is 0 Å². The fourth-order valence-corrected chi connectivity index (χ4v) is 3.59. The number of carbonyl (C=O) groups excluding carboxylic acids is 1. The van der Waals surface area contributed by atoms with Gasteiger partial charge < -0.3 is 10.4 Å². The molecule has 2 N–H and O–H groups in total. The van der Waals surface area contributed by atoms with E-state index in [1.807, 2.05) is 6.07 Å². The van der Waals surface area contributed by atoms with Crippen LogP contribution in [0.4, 0.5) is 4.39 Å². The van der Waals surface area contributed by atoms with Crippen LogP contribution < -0.4 is 5.32 Å². The first-order chi connectivity index (χ1) is 10.0. The summed E-state index contributed by atoms with van der Waals surface area (Å²) in [6.07, 6.45) is 6.01. The van der Waals surface area contributed by atoms with E-state index in [-0.39, 0.29) is 11.7 Å². The Hall–Kier alpha value is -1.42. The quantitative estimate of drug-likeness (QED) is 0.896. The van der Waals surface area contributed by atoms with Gasteiger partial charge in [-0.1, -0.05) is 31.4 Å². The predicted octanol–water partition coefficient (Wildman–Crippen LogP) is 2.67. The summed E-state index contributed by atoms with van der Waals surface area (Å²) in [6, 6.07) is 6.34. The Morgan fingerprint density at radius 2 is 1.90 bits per heavy atom. The van der Waals surface area contributed by atoms with Crippen molar-refractivity contribution >= 4 is 5.91 Å². The molecule has 0 aliphatic heterocycles. The van der Waals surface area contributed by atoms with Crippen LogP contribution >= 0.6 is 0 Å². The van der Waals surface area contributed by atoms with Crippen LogP contribution in [0.5, 0.6) is 0 Å². The molecule has 3 nitrogen and oxygen atoms in total. The lowest BCUT2D eigenvalue weighted by Crippen LogP contribution is -2.52. The monoisotopic (exact) mass is 291 g/mol. The molecular weight excluding hydrogens is 269 g/mol. The molecule has 1 aromatic rings. The number of benzene rings is 1. The van der Waals surface area contributed by atoms with Crippen molar-refractivity contribution in [3.63, 3.8) is 0 Å². The van der Waals surface area contributed by atoms with Crippen LogP contribution in [0.1, 0.15) is 50.5 Å². The third-order valence-electron chi connectivity index (χ3n) is 5.13. The molecule has 1 amide bonds. The number of hydrogen-bond donors (Lipinski definition) is 2. The number of nitrogens with one attached hydrogen (secondary N) is 1. The van der Waals surface area contributed by atoms with Gasteiger partial charge in [0.1, 0.15) is 5.82 Å². The number of amides is 1. The van der Waals surface area contributed by atoms with E-state index < -0.39 is 11.0 Å². The molecule has 2 fully saturated rings. The summed E-state index contributed by atoms with van der Waals surface area (Å²) in [5.74, 6) is -0.374. The van der Waals surface area contributed by atoms with Gasteiger partial charge in [-0.05, 0) is 43.4 Å². The molecule has 0 unspecified atom stereocenters. The second-order valence-electron chi connectivity index (χ2n) is 6.56. The Morgan fingerprint density at radius 1 is 1.19 bits per heavy atom. The number of aliphatic hydroxyl groups is 1. The van der Waals surface area contributed by atoms with Crippen molar-refractivity contribution in [1.82, 2.24) is 5.32 Å². The van der Waals surface area contributed by atoms with Crippen LogP contribution in [0.25, 0.3) is 0 Å². The molecule has 0 bridgehead atoms. The molecule has 2 aliphatic rings. The zero-order chi connectivity index (χ0) is 14.9. The molecular formula is C17H22FNO2. The molecule has 1 aromatic carbocycles. The molecule has 0 aromatic heterocycles. The zero-order valence-corrected chi connectivity index (χ0v) is 12.2. The molecule has 0 atom stereocenters. The maximum absolute atomic E-state index is 13.4. The van der Waals surface area contributed by atoms with E-state index in [0.717, 1.165) is 50.5 Å². The lowest BCUT2D eigenvalue weighted by molar-refractivity contribution is -0.131. The van der Waals surface area contributed by atoms with E-state index in [2.05, 4.69) is 5.32 Å². The van der Waals surface area contributed by atoms with Gasteiger partial charge in [0.05, 0.1) is 11.0 Å². The van der Waals surface area contributed by atoms with Crippen molar-refractivity contribution < 1.29 is 14.3 Å². The molecule has 0 radical (unpaired) electrons. The third kappa shape index (κ3) is 2.69. The Morgan fingerprint density at radius 3 is 2.48 bits per heavy atom. The minimum Gasteiger partial charge on any atom is -0.388 e. The lowest BCUT2D eigenvalue weighted by atomic mass is 9.63. The van der Waals surface area contributed by atoms with E-state index in [0.29, 0.717) is 6.54 Å². The Kier molecular flexibility index (Phi) is 3.74. The van der Waals surface area contributed by atoms with Crippen molar-refractivity contribution in [3.8, 4) is 0 Å². The highest BCUT2D eigenvalue weighted by atomic mass is 19.1. The molecule has 3 rings (SSSR count). The summed E-state index contributed by atoms with van der Waals surface area (Å²) in [4.78, 5) is 12.6. The minimum absolute atomic E-state index is 0.0697. The fourth-order valence-electron chi connectivity index (χ4n) is 3.59. The first kappa shape index (κ1) is 14.5. The summed E-state index contributed by atoms with van der Waals surface area (Å²) in [7, 11) is 0.